The van der Waals surface area contributed by atoms with Crippen LogP contribution in [0.3, 0.4) is 0 Å². The van der Waals surface area contributed by atoms with Gasteiger partial charge in [0.25, 0.3) is 0 Å². The Morgan fingerprint density at radius 2 is 2.14 bits per heavy atom. The Hall–Kier alpha value is -3.53. The number of nitrogens with zero attached hydrogens (tertiary/aromatic N) is 4. The second kappa shape index (κ2) is 8.65. The average Bonchev–Trinajstić information content (AvgIpc) is 3.02. The fraction of sp³-hybridized carbons (Fsp3) is 0.211. The number of aromatic nitrogens is 3. The van der Waals surface area contributed by atoms with Gasteiger partial charge in [0, 0.05) is 11.6 Å². The van der Waals surface area contributed by atoms with Crippen LogP contribution in [-0.2, 0) is 6.61 Å². The lowest BCUT2D eigenvalue weighted by Gasteiger charge is -2.12. The minimum Gasteiger partial charge on any atom is -0.493 e. The van der Waals surface area contributed by atoms with Gasteiger partial charge in [0.15, 0.2) is 5.75 Å². The molecule has 0 amide bonds. The molecule has 0 saturated carbocycles. The molecule has 2 aromatic carbocycles. The fourth-order valence-corrected chi connectivity index (χ4v) is 2.93. The molecular formula is C19H19N5O4S. The van der Waals surface area contributed by atoms with Gasteiger partial charge in [-0.2, -0.15) is 14.9 Å². The van der Waals surface area contributed by atoms with Crippen LogP contribution in [0.4, 0.5) is 5.69 Å². The van der Waals surface area contributed by atoms with E-state index in [1.807, 2.05) is 31.2 Å². The number of nitrogens with one attached hydrogen (secondary N) is 1. The molecule has 150 valence electrons. The van der Waals surface area contributed by atoms with Crippen molar-refractivity contribution in [3.8, 4) is 11.5 Å². The van der Waals surface area contributed by atoms with Crippen LogP contribution in [0.2, 0.25) is 0 Å². The molecule has 0 radical (unpaired) electrons. The summed E-state index contributed by atoms with van der Waals surface area (Å²) in [6.45, 7) is 3.87. The van der Waals surface area contributed by atoms with E-state index < -0.39 is 4.92 Å². The van der Waals surface area contributed by atoms with Crippen LogP contribution in [-0.4, -0.2) is 33.1 Å². The van der Waals surface area contributed by atoms with Crippen molar-refractivity contribution in [2.24, 2.45) is 5.10 Å². The first-order chi connectivity index (χ1) is 13.9. The Morgan fingerprint density at radius 1 is 1.34 bits per heavy atom. The highest BCUT2D eigenvalue weighted by molar-refractivity contribution is 7.71. The Kier molecular flexibility index (Phi) is 6.03. The molecule has 0 aliphatic rings. The molecule has 3 aromatic rings. The van der Waals surface area contributed by atoms with Crippen molar-refractivity contribution in [3.05, 3.63) is 73.8 Å². The predicted molar refractivity (Wildman–Crippen MR) is 110 cm³/mol. The topological polar surface area (TPSA) is 108 Å². The summed E-state index contributed by atoms with van der Waals surface area (Å²) in [6, 6.07) is 10.7. The number of aromatic amines is 1. The Balaban J connectivity index is 1.94. The summed E-state index contributed by atoms with van der Waals surface area (Å²) in [7, 11) is 1.43. The Bertz CT molecular complexity index is 1140. The van der Waals surface area contributed by atoms with Crippen LogP contribution in [0.15, 0.2) is 41.5 Å². The molecule has 10 heteroatoms. The summed E-state index contributed by atoms with van der Waals surface area (Å²) < 4.78 is 12.8. The summed E-state index contributed by atoms with van der Waals surface area (Å²) in [5.74, 6) is 0.860. The number of hydrogen-bond donors (Lipinski definition) is 1. The summed E-state index contributed by atoms with van der Waals surface area (Å²) in [4.78, 5) is 11.1. The van der Waals surface area contributed by atoms with E-state index in [0.29, 0.717) is 16.2 Å². The number of H-pyrrole nitrogens is 1. The predicted octanol–water partition coefficient (Wildman–Crippen LogP) is 3.94. The molecule has 0 unspecified atom stereocenters. The van der Waals surface area contributed by atoms with E-state index in [-0.39, 0.29) is 23.8 Å². The van der Waals surface area contributed by atoms with Crippen LogP contribution < -0.4 is 9.47 Å². The minimum atomic E-state index is -0.514. The first-order valence-electron chi connectivity index (χ1n) is 8.62. The van der Waals surface area contributed by atoms with Crippen LogP contribution in [0, 0.1) is 28.7 Å². The quantitative estimate of drug-likeness (QED) is 0.272. The van der Waals surface area contributed by atoms with Gasteiger partial charge in [0.2, 0.25) is 10.5 Å². The maximum Gasteiger partial charge on any atom is 0.315 e. The van der Waals surface area contributed by atoms with Crippen molar-refractivity contribution in [2.75, 3.05) is 7.11 Å². The van der Waals surface area contributed by atoms with Gasteiger partial charge in [0.1, 0.15) is 12.4 Å². The molecule has 9 nitrogen and oxygen atoms in total. The van der Waals surface area contributed by atoms with E-state index in [4.69, 9.17) is 21.7 Å². The lowest BCUT2D eigenvalue weighted by atomic mass is 10.1. The van der Waals surface area contributed by atoms with Crippen molar-refractivity contribution in [2.45, 2.75) is 20.5 Å². The maximum atomic E-state index is 11.6. The van der Waals surface area contributed by atoms with E-state index in [9.17, 15) is 10.1 Å². The highest BCUT2D eigenvalue weighted by Crippen LogP contribution is 2.38. The van der Waals surface area contributed by atoms with Crippen LogP contribution >= 0.6 is 12.2 Å². The van der Waals surface area contributed by atoms with Crippen molar-refractivity contribution in [3.63, 3.8) is 0 Å². The largest absolute Gasteiger partial charge is 0.493 e. The fourth-order valence-electron chi connectivity index (χ4n) is 2.70. The molecular weight excluding hydrogens is 394 g/mol. The standard InChI is InChI=1S/C19H19N5O4S/c1-12-5-4-6-14(7-12)11-28-18-16(24(25)26)8-15(9-17(18)27-3)10-20-23-13(2)21-22-19(23)29/h4-10H,11H2,1-3H3,(H,22,29)/b20-10-. The van der Waals surface area contributed by atoms with Gasteiger partial charge in [0.05, 0.1) is 18.2 Å². The molecule has 1 aromatic heterocycles. The zero-order valence-electron chi connectivity index (χ0n) is 16.1. The Labute approximate surface area is 171 Å². The zero-order valence-corrected chi connectivity index (χ0v) is 16.9. The molecule has 0 saturated heterocycles. The second-order valence-electron chi connectivity index (χ2n) is 6.24. The molecule has 0 bridgehead atoms. The van der Waals surface area contributed by atoms with E-state index in [1.54, 1.807) is 13.0 Å². The van der Waals surface area contributed by atoms with E-state index in [2.05, 4.69) is 15.3 Å². The van der Waals surface area contributed by atoms with Crippen LogP contribution in [0.5, 0.6) is 11.5 Å². The van der Waals surface area contributed by atoms with Gasteiger partial charge in [-0.05, 0) is 37.7 Å². The molecule has 0 aliphatic heterocycles. The van der Waals surface area contributed by atoms with E-state index in [0.717, 1.165) is 11.1 Å². The normalized spacial score (nSPS) is 11.0. The number of nitro benzene ring substituents is 1. The van der Waals surface area contributed by atoms with E-state index >= 15 is 0 Å². The van der Waals surface area contributed by atoms with Crippen molar-refractivity contribution in [1.29, 1.82) is 0 Å². The number of nitro groups is 1. The molecule has 0 aliphatic carbocycles. The third-order valence-electron chi connectivity index (χ3n) is 4.07. The average molecular weight is 413 g/mol. The number of hydrogen-bond acceptors (Lipinski definition) is 7. The number of ether oxygens (including phenoxy) is 2. The maximum absolute atomic E-state index is 11.6. The van der Waals surface area contributed by atoms with Crippen LogP contribution in [0.1, 0.15) is 22.5 Å². The van der Waals surface area contributed by atoms with Gasteiger partial charge in [-0.15, -0.1) is 0 Å². The summed E-state index contributed by atoms with van der Waals surface area (Å²) in [6.07, 6.45) is 1.44. The number of methoxy groups -OCH3 is 1. The number of benzene rings is 2. The molecule has 3 rings (SSSR count). The molecule has 0 fully saturated rings. The summed E-state index contributed by atoms with van der Waals surface area (Å²) in [5.41, 5.74) is 2.22. The van der Waals surface area contributed by atoms with Gasteiger partial charge in [-0.3, -0.25) is 15.2 Å². The minimum absolute atomic E-state index is 0.0623. The summed E-state index contributed by atoms with van der Waals surface area (Å²) >= 11 is 5.09. The first-order valence-corrected chi connectivity index (χ1v) is 9.03. The highest BCUT2D eigenvalue weighted by Gasteiger charge is 2.22. The first kappa shape index (κ1) is 20.2. The molecule has 29 heavy (non-hydrogen) atoms. The SMILES string of the molecule is COc1cc(/C=N\n2c(C)n[nH]c2=S)cc([N+](=O)[O-])c1OCc1cccc(C)c1. The van der Waals surface area contributed by atoms with E-state index in [1.165, 1.54) is 24.1 Å². The van der Waals surface area contributed by atoms with Gasteiger partial charge >= 0.3 is 5.69 Å². The Morgan fingerprint density at radius 3 is 2.76 bits per heavy atom. The second-order valence-corrected chi connectivity index (χ2v) is 6.63. The number of rotatable bonds is 7. The third kappa shape index (κ3) is 4.66. The monoisotopic (exact) mass is 413 g/mol. The zero-order chi connectivity index (χ0) is 21.0. The van der Waals surface area contributed by atoms with Gasteiger partial charge < -0.3 is 9.47 Å². The van der Waals surface area contributed by atoms with Crippen LogP contribution in [0.25, 0.3) is 0 Å². The smallest absolute Gasteiger partial charge is 0.315 e. The molecule has 0 atom stereocenters. The van der Waals surface area contributed by atoms with Crippen molar-refractivity contribution < 1.29 is 14.4 Å². The lowest BCUT2D eigenvalue weighted by Crippen LogP contribution is -2.03. The molecule has 1 heterocycles. The van der Waals surface area contributed by atoms with Crippen molar-refractivity contribution >= 4 is 24.1 Å². The van der Waals surface area contributed by atoms with Gasteiger partial charge in [-0.1, -0.05) is 29.8 Å². The lowest BCUT2D eigenvalue weighted by molar-refractivity contribution is -0.386. The number of aryl methyl sites for hydroxylation is 2. The highest BCUT2D eigenvalue weighted by atomic mass is 32.1. The molecule has 1 N–H and O–H groups in total. The van der Waals surface area contributed by atoms with Gasteiger partial charge in [-0.25, -0.2) is 0 Å². The third-order valence-corrected chi connectivity index (χ3v) is 4.34. The summed E-state index contributed by atoms with van der Waals surface area (Å²) in [5, 5.41) is 22.4. The van der Waals surface area contributed by atoms with Crippen molar-refractivity contribution in [1.82, 2.24) is 14.9 Å². The molecule has 0 spiro atoms.